The van der Waals surface area contributed by atoms with Crippen molar-refractivity contribution in [1.82, 2.24) is 14.9 Å². The van der Waals surface area contributed by atoms with Crippen molar-refractivity contribution in [3.63, 3.8) is 0 Å². The summed E-state index contributed by atoms with van der Waals surface area (Å²) in [4.78, 5) is 22.2. The fraction of sp³-hybridized carbons (Fsp3) is 0.219. The quantitative estimate of drug-likeness (QED) is 0.202. The monoisotopic (exact) mass is 570 g/mol. The van der Waals surface area contributed by atoms with Crippen molar-refractivity contribution in [2.45, 2.75) is 32.9 Å². The van der Waals surface area contributed by atoms with E-state index >= 15 is 4.39 Å². The molecule has 5 aromatic rings. The van der Waals surface area contributed by atoms with Crippen molar-refractivity contribution in [3.05, 3.63) is 93.9 Å². The van der Waals surface area contributed by atoms with E-state index in [-0.39, 0.29) is 11.9 Å². The highest BCUT2D eigenvalue weighted by atomic mass is 35.5. The maximum Gasteiger partial charge on any atom is 0.227 e. The lowest BCUT2D eigenvalue weighted by molar-refractivity contribution is 0.112. The molecule has 3 aromatic carbocycles. The molecule has 208 valence electrons. The van der Waals surface area contributed by atoms with Gasteiger partial charge >= 0.3 is 0 Å². The zero-order valence-corrected chi connectivity index (χ0v) is 23.4. The zero-order valence-electron chi connectivity index (χ0n) is 22.6. The molecule has 1 aliphatic rings. The molecule has 9 heteroatoms. The standard InChI is InChI=1S/C32H28ClFN4O3/c1-18-23(5-3-7-25(18)32-37-28-14-20(17-39)13-26(33)30(28)41-32)24-6-4-8-27(19(24)2)36-31-29(34)21(9-11-35-31)15-38-12-10-22(40)16-38/h3-9,11,13-14,17,22,40H,10,12,15-16H2,1-2H3,(H,35,36). The van der Waals surface area contributed by atoms with Gasteiger partial charge < -0.3 is 14.8 Å². The fourth-order valence-corrected chi connectivity index (χ4v) is 5.70. The summed E-state index contributed by atoms with van der Waals surface area (Å²) in [5.74, 6) is 0.167. The van der Waals surface area contributed by atoms with Crippen molar-refractivity contribution in [1.29, 1.82) is 0 Å². The van der Waals surface area contributed by atoms with Crippen LogP contribution in [-0.4, -0.2) is 45.5 Å². The lowest BCUT2D eigenvalue weighted by atomic mass is 9.93. The highest BCUT2D eigenvalue weighted by Crippen LogP contribution is 2.38. The number of hydrogen-bond acceptors (Lipinski definition) is 7. The van der Waals surface area contributed by atoms with Gasteiger partial charge in [0.05, 0.1) is 11.1 Å². The minimum atomic E-state index is -0.399. The van der Waals surface area contributed by atoms with E-state index in [1.807, 2.05) is 55.1 Å². The molecule has 1 atom stereocenters. The Morgan fingerprint density at radius 2 is 1.88 bits per heavy atom. The summed E-state index contributed by atoms with van der Waals surface area (Å²) in [7, 11) is 0. The van der Waals surface area contributed by atoms with Crippen LogP contribution >= 0.6 is 11.6 Å². The van der Waals surface area contributed by atoms with E-state index in [1.165, 1.54) is 0 Å². The molecular formula is C32H28ClFN4O3. The Labute approximate surface area is 241 Å². The maximum absolute atomic E-state index is 15.5. The Kier molecular flexibility index (Phi) is 7.30. The number of carbonyl (C=O) groups excluding carboxylic acids is 1. The summed E-state index contributed by atoms with van der Waals surface area (Å²) >= 11 is 6.34. The van der Waals surface area contributed by atoms with Gasteiger partial charge in [-0.2, -0.15) is 0 Å². The summed E-state index contributed by atoms with van der Waals surface area (Å²) in [6.45, 7) is 5.68. The van der Waals surface area contributed by atoms with Gasteiger partial charge in [-0.05, 0) is 72.9 Å². The second-order valence-corrected chi connectivity index (χ2v) is 10.8. The molecule has 41 heavy (non-hydrogen) atoms. The molecule has 0 aliphatic carbocycles. The molecule has 0 spiro atoms. The number of rotatable bonds is 7. The molecule has 7 nitrogen and oxygen atoms in total. The van der Waals surface area contributed by atoms with Gasteiger partial charge in [-0.3, -0.25) is 9.69 Å². The first-order valence-electron chi connectivity index (χ1n) is 13.4. The number of anilines is 2. The maximum atomic E-state index is 15.5. The molecule has 1 aliphatic heterocycles. The molecule has 0 amide bonds. The van der Waals surface area contributed by atoms with Crippen molar-refractivity contribution >= 4 is 40.5 Å². The first-order valence-corrected chi connectivity index (χ1v) is 13.8. The van der Waals surface area contributed by atoms with E-state index in [0.717, 1.165) is 46.3 Å². The normalized spacial score (nSPS) is 15.5. The van der Waals surface area contributed by atoms with Crippen LogP contribution in [0.4, 0.5) is 15.9 Å². The van der Waals surface area contributed by atoms with E-state index in [1.54, 1.807) is 24.4 Å². The van der Waals surface area contributed by atoms with Crippen LogP contribution in [0.25, 0.3) is 33.7 Å². The zero-order chi connectivity index (χ0) is 28.7. The summed E-state index contributed by atoms with van der Waals surface area (Å²) in [5, 5.41) is 13.4. The molecule has 1 saturated heterocycles. The number of β-amino-alcohol motifs (C(OH)–C–C–N with tert-alkyl or cyclic N) is 1. The number of pyridine rings is 1. The van der Waals surface area contributed by atoms with Crippen LogP contribution < -0.4 is 5.32 Å². The number of hydrogen-bond donors (Lipinski definition) is 2. The molecule has 3 heterocycles. The highest BCUT2D eigenvalue weighted by Gasteiger charge is 2.22. The van der Waals surface area contributed by atoms with E-state index in [9.17, 15) is 9.90 Å². The first kappa shape index (κ1) is 27.1. The van der Waals surface area contributed by atoms with Crippen LogP contribution in [0.2, 0.25) is 5.02 Å². The van der Waals surface area contributed by atoms with Gasteiger partial charge in [0.15, 0.2) is 17.2 Å². The second-order valence-electron chi connectivity index (χ2n) is 10.4. The van der Waals surface area contributed by atoms with Gasteiger partial charge in [0.25, 0.3) is 0 Å². The van der Waals surface area contributed by atoms with Crippen LogP contribution in [0.1, 0.15) is 33.5 Å². The number of aromatic nitrogens is 2. The predicted molar refractivity (Wildman–Crippen MR) is 158 cm³/mol. The van der Waals surface area contributed by atoms with E-state index in [2.05, 4.69) is 15.3 Å². The number of likely N-dealkylation sites (tertiary alicyclic amines) is 1. The third-order valence-corrected chi connectivity index (χ3v) is 7.94. The minimum Gasteiger partial charge on any atom is -0.434 e. The molecule has 1 unspecified atom stereocenters. The third kappa shape index (κ3) is 5.22. The van der Waals surface area contributed by atoms with Crippen molar-refractivity contribution in [2.75, 3.05) is 18.4 Å². The first-order chi connectivity index (χ1) is 19.8. The van der Waals surface area contributed by atoms with E-state index in [0.29, 0.717) is 52.7 Å². The number of nitrogens with zero attached hydrogens (tertiary/aromatic N) is 3. The number of benzene rings is 3. The number of aliphatic hydroxyl groups is 1. The average molecular weight is 571 g/mol. The largest absolute Gasteiger partial charge is 0.434 e. The minimum absolute atomic E-state index is 0.158. The molecule has 2 aromatic heterocycles. The average Bonchev–Trinajstić information content (AvgIpc) is 3.58. The number of oxazole rings is 1. The van der Waals surface area contributed by atoms with Crippen LogP contribution in [0.5, 0.6) is 0 Å². The summed E-state index contributed by atoms with van der Waals surface area (Å²) < 4.78 is 21.5. The lowest BCUT2D eigenvalue weighted by Crippen LogP contribution is -2.22. The fourth-order valence-electron chi connectivity index (χ4n) is 5.43. The number of halogens is 2. The SMILES string of the molecule is Cc1c(Nc2nccc(CN3CCC(O)C3)c2F)cccc1-c1cccc(-c2nc3cc(C=O)cc(Cl)c3o2)c1C. The topological polar surface area (TPSA) is 91.5 Å². The number of aliphatic hydroxyl groups excluding tert-OH is 1. The summed E-state index contributed by atoms with van der Waals surface area (Å²) in [6, 6.07) is 16.6. The Morgan fingerprint density at radius 1 is 1.12 bits per heavy atom. The van der Waals surface area contributed by atoms with Gasteiger partial charge in [-0.1, -0.05) is 35.9 Å². The number of fused-ring (bicyclic) bond motifs is 1. The lowest BCUT2D eigenvalue weighted by Gasteiger charge is -2.18. The van der Waals surface area contributed by atoms with Gasteiger partial charge in [0.1, 0.15) is 11.8 Å². The third-order valence-electron chi connectivity index (χ3n) is 7.66. The highest BCUT2D eigenvalue weighted by molar-refractivity contribution is 6.35. The summed E-state index contributed by atoms with van der Waals surface area (Å²) in [6.07, 6.45) is 2.67. The number of carbonyl (C=O) groups is 1. The van der Waals surface area contributed by atoms with Crippen LogP contribution in [0.3, 0.4) is 0 Å². The van der Waals surface area contributed by atoms with Gasteiger partial charge in [0, 0.05) is 48.2 Å². The van der Waals surface area contributed by atoms with Crippen molar-refractivity contribution in [3.8, 4) is 22.6 Å². The molecule has 0 saturated carbocycles. The molecule has 6 rings (SSSR count). The van der Waals surface area contributed by atoms with Crippen LogP contribution in [-0.2, 0) is 6.54 Å². The molecule has 0 radical (unpaired) electrons. The molecule has 1 fully saturated rings. The second kappa shape index (κ2) is 11.0. The number of aldehydes is 1. The Hall–Kier alpha value is -4.11. The molecule has 0 bridgehead atoms. The van der Waals surface area contributed by atoms with Crippen molar-refractivity contribution < 1.29 is 18.7 Å². The Bertz CT molecular complexity index is 1790. The van der Waals surface area contributed by atoms with E-state index < -0.39 is 5.82 Å². The Balaban J connectivity index is 1.32. The van der Waals surface area contributed by atoms with Gasteiger partial charge in [-0.25, -0.2) is 14.4 Å². The predicted octanol–water partition coefficient (Wildman–Crippen LogP) is 7.09. The number of nitrogens with one attached hydrogen (secondary N) is 1. The van der Waals surface area contributed by atoms with Crippen LogP contribution in [0.15, 0.2) is 65.2 Å². The van der Waals surface area contributed by atoms with E-state index in [4.69, 9.17) is 16.0 Å². The molecular weight excluding hydrogens is 543 g/mol. The van der Waals surface area contributed by atoms with Crippen molar-refractivity contribution in [2.24, 2.45) is 0 Å². The van der Waals surface area contributed by atoms with Crippen LogP contribution in [0, 0.1) is 19.7 Å². The molecule has 2 N–H and O–H groups in total. The van der Waals surface area contributed by atoms with Gasteiger partial charge in [0.2, 0.25) is 5.89 Å². The Morgan fingerprint density at radius 3 is 2.63 bits per heavy atom. The van der Waals surface area contributed by atoms with Gasteiger partial charge in [-0.15, -0.1) is 0 Å². The smallest absolute Gasteiger partial charge is 0.227 e. The summed E-state index contributed by atoms with van der Waals surface area (Å²) in [5.41, 5.74) is 7.26.